The fourth-order valence-corrected chi connectivity index (χ4v) is 0.903. The summed E-state index contributed by atoms with van der Waals surface area (Å²) >= 11 is 0. The van der Waals surface area contributed by atoms with Crippen LogP contribution in [0.25, 0.3) is 0 Å². The van der Waals surface area contributed by atoms with Crippen LogP contribution in [0.2, 0.25) is 0 Å². The summed E-state index contributed by atoms with van der Waals surface area (Å²) in [5, 5.41) is 0. The van der Waals surface area contributed by atoms with E-state index in [2.05, 4.69) is 24.7 Å². The first-order valence-corrected chi connectivity index (χ1v) is 3.77. The van der Waals surface area contributed by atoms with E-state index in [-0.39, 0.29) is 24.0 Å². The molecule has 0 unspecified atom stereocenters. The van der Waals surface area contributed by atoms with Crippen LogP contribution in [0.3, 0.4) is 0 Å². The Morgan fingerprint density at radius 1 is 1.36 bits per heavy atom. The summed E-state index contributed by atoms with van der Waals surface area (Å²) in [6.07, 6.45) is 6.55. The van der Waals surface area contributed by atoms with Crippen LogP contribution in [0.15, 0.2) is 12.4 Å². The van der Waals surface area contributed by atoms with Crippen molar-refractivity contribution in [3.8, 4) is 0 Å². The van der Waals surface area contributed by atoms with Crippen molar-refractivity contribution < 1.29 is 24.0 Å². The standard InChI is InChI=1S/C8H14N2.HI/c1-3-4-5-10-7-6-9(2)8-10;/h6-7H,3-5H2,1-2H3;1H/q+1;/p-1. The molecule has 3 heteroatoms. The van der Waals surface area contributed by atoms with Crippen molar-refractivity contribution in [3.05, 3.63) is 19.1 Å². The summed E-state index contributed by atoms with van der Waals surface area (Å²) in [6, 6.07) is 0. The van der Waals surface area contributed by atoms with Crippen molar-refractivity contribution in [2.45, 2.75) is 19.8 Å². The molecular weight excluding hydrogens is 251 g/mol. The van der Waals surface area contributed by atoms with E-state index in [4.69, 9.17) is 0 Å². The molecule has 1 aliphatic rings. The van der Waals surface area contributed by atoms with E-state index in [0.717, 1.165) is 6.54 Å². The van der Waals surface area contributed by atoms with Crippen molar-refractivity contribution in [2.24, 2.45) is 0 Å². The van der Waals surface area contributed by atoms with Gasteiger partial charge >= 0.3 is 6.67 Å². The average Bonchev–Trinajstić information content (AvgIpc) is 2.31. The molecule has 0 amide bonds. The third-order valence-corrected chi connectivity index (χ3v) is 1.51. The van der Waals surface area contributed by atoms with E-state index in [1.54, 1.807) is 0 Å². The molecule has 1 rings (SSSR count). The molecule has 1 radical (unpaired) electrons. The highest BCUT2D eigenvalue weighted by atomic mass is 127. The largest absolute Gasteiger partial charge is 1.00 e. The van der Waals surface area contributed by atoms with Gasteiger partial charge in [0.15, 0.2) is 0 Å². The zero-order valence-electron chi connectivity index (χ0n) is 7.05. The minimum Gasteiger partial charge on any atom is -1.00 e. The Morgan fingerprint density at radius 2 is 2.09 bits per heavy atom. The van der Waals surface area contributed by atoms with Gasteiger partial charge in [-0.25, -0.2) is 0 Å². The summed E-state index contributed by atoms with van der Waals surface area (Å²) in [6.45, 7) is 6.44. The highest BCUT2D eigenvalue weighted by Crippen LogP contribution is 2.08. The lowest BCUT2D eigenvalue weighted by atomic mass is 10.3. The first-order chi connectivity index (χ1) is 4.83. The Morgan fingerprint density at radius 3 is 2.55 bits per heavy atom. The van der Waals surface area contributed by atoms with Crippen LogP contribution in [0.5, 0.6) is 0 Å². The van der Waals surface area contributed by atoms with Crippen molar-refractivity contribution >= 4 is 0 Å². The molecule has 0 saturated heterocycles. The van der Waals surface area contributed by atoms with Crippen LogP contribution in [0, 0.1) is 6.67 Å². The maximum Gasteiger partial charge on any atom is 0.564 e. The first-order valence-electron chi connectivity index (χ1n) is 3.77. The Bertz CT molecular complexity index is 125. The van der Waals surface area contributed by atoms with Gasteiger partial charge in [0.2, 0.25) is 0 Å². The molecule has 2 nitrogen and oxygen atoms in total. The fraction of sp³-hybridized carbons (Fsp3) is 0.625. The highest BCUT2D eigenvalue weighted by molar-refractivity contribution is 4.94. The molecule has 0 N–H and O–H groups in total. The number of hydrogen-bond donors (Lipinski definition) is 0. The third kappa shape index (κ3) is 3.74. The van der Waals surface area contributed by atoms with Crippen LogP contribution in [-0.4, -0.2) is 23.4 Å². The second-order valence-electron chi connectivity index (χ2n) is 2.56. The molecule has 0 spiro atoms. The molecule has 0 aliphatic carbocycles. The maximum absolute atomic E-state index is 3.14. The molecule has 0 aromatic heterocycles. The minimum absolute atomic E-state index is 0. The van der Waals surface area contributed by atoms with Crippen molar-refractivity contribution in [1.82, 2.24) is 9.80 Å². The van der Waals surface area contributed by atoms with Gasteiger partial charge in [0.05, 0.1) is 26.0 Å². The third-order valence-electron chi connectivity index (χ3n) is 1.51. The number of rotatable bonds is 3. The second-order valence-corrected chi connectivity index (χ2v) is 2.56. The Labute approximate surface area is 86.3 Å². The normalized spacial score (nSPS) is 14.7. The molecule has 0 aromatic rings. The molecular formula is C8H14IN2. The number of nitrogens with zero attached hydrogens (tertiary/aromatic N) is 2. The van der Waals surface area contributed by atoms with Crippen LogP contribution in [-0.2, 0) is 0 Å². The predicted octanol–water partition coefficient (Wildman–Crippen LogP) is -1.49. The highest BCUT2D eigenvalue weighted by Gasteiger charge is 2.26. The van der Waals surface area contributed by atoms with E-state index in [1.807, 2.05) is 18.1 Å². The lowest BCUT2D eigenvalue weighted by Gasteiger charge is -1.99. The Hall–Kier alpha value is -0.0600. The quantitative estimate of drug-likeness (QED) is 0.453. The van der Waals surface area contributed by atoms with Gasteiger partial charge in [-0.15, -0.1) is 9.80 Å². The Balaban J connectivity index is 0.000001000. The molecule has 1 aliphatic heterocycles. The van der Waals surface area contributed by atoms with Crippen LogP contribution < -0.4 is 24.0 Å². The fourth-order valence-electron chi connectivity index (χ4n) is 0.903. The van der Waals surface area contributed by atoms with Crippen LogP contribution in [0.4, 0.5) is 0 Å². The van der Waals surface area contributed by atoms with Gasteiger partial charge < -0.3 is 24.0 Å². The van der Waals surface area contributed by atoms with Crippen LogP contribution >= 0.6 is 0 Å². The summed E-state index contributed by atoms with van der Waals surface area (Å²) in [7, 11) is 1.99. The SMILES string of the molecule is CCCCN1[C+]N(C)C=C1.[I-]. The van der Waals surface area contributed by atoms with Gasteiger partial charge in [-0.05, 0) is 6.42 Å². The molecule has 1 heterocycles. The van der Waals surface area contributed by atoms with Gasteiger partial charge in [0, 0.05) is 0 Å². The van der Waals surface area contributed by atoms with Gasteiger partial charge in [-0.1, -0.05) is 13.3 Å². The lowest BCUT2D eigenvalue weighted by molar-refractivity contribution is -0.00000221. The van der Waals surface area contributed by atoms with Crippen molar-refractivity contribution in [2.75, 3.05) is 13.6 Å². The summed E-state index contributed by atoms with van der Waals surface area (Å²) in [4.78, 5) is 4.03. The van der Waals surface area contributed by atoms with E-state index < -0.39 is 0 Å². The van der Waals surface area contributed by atoms with E-state index >= 15 is 0 Å². The average molecular weight is 265 g/mol. The van der Waals surface area contributed by atoms with Gasteiger partial charge in [-0.3, -0.25) is 0 Å². The molecule has 0 fully saturated rings. The zero-order valence-corrected chi connectivity index (χ0v) is 9.21. The topological polar surface area (TPSA) is 6.48 Å². The second kappa shape index (κ2) is 5.57. The van der Waals surface area contributed by atoms with E-state index in [9.17, 15) is 0 Å². The van der Waals surface area contributed by atoms with Gasteiger partial charge in [-0.2, -0.15) is 0 Å². The Kier molecular flexibility index (Phi) is 5.54. The van der Waals surface area contributed by atoms with E-state index in [1.165, 1.54) is 12.8 Å². The summed E-state index contributed by atoms with van der Waals surface area (Å²) < 4.78 is 0. The van der Waals surface area contributed by atoms with E-state index in [0.29, 0.717) is 0 Å². The number of hydrogen-bond acceptors (Lipinski definition) is 2. The molecule has 11 heavy (non-hydrogen) atoms. The molecule has 0 saturated carbocycles. The van der Waals surface area contributed by atoms with Crippen molar-refractivity contribution in [1.29, 1.82) is 0 Å². The van der Waals surface area contributed by atoms with Gasteiger partial charge in [0.25, 0.3) is 0 Å². The zero-order chi connectivity index (χ0) is 7.40. The molecule has 0 atom stereocenters. The predicted molar refractivity (Wildman–Crippen MR) is 41.8 cm³/mol. The van der Waals surface area contributed by atoms with Gasteiger partial charge in [0.1, 0.15) is 0 Å². The summed E-state index contributed by atoms with van der Waals surface area (Å²) in [5.41, 5.74) is 0. The summed E-state index contributed by atoms with van der Waals surface area (Å²) in [5.74, 6) is 0. The minimum atomic E-state index is 0. The maximum atomic E-state index is 3.14. The molecule has 0 aromatic carbocycles. The monoisotopic (exact) mass is 265 g/mol. The van der Waals surface area contributed by atoms with Crippen LogP contribution in [0.1, 0.15) is 19.8 Å². The van der Waals surface area contributed by atoms with Crippen molar-refractivity contribution in [3.63, 3.8) is 0 Å². The number of halogens is 1. The first kappa shape index (κ1) is 10.9. The number of unbranched alkanes of at least 4 members (excludes halogenated alkanes) is 1. The molecule has 0 bridgehead atoms. The molecule has 63 valence electrons. The smallest absolute Gasteiger partial charge is 0.564 e. The lowest BCUT2D eigenvalue weighted by Crippen LogP contribution is -3.00.